The Hall–Kier alpha value is -3.76. The van der Waals surface area contributed by atoms with Crippen molar-refractivity contribution in [1.29, 1.82) is 0 Å². The molecule has 0 aromatic carbocycles. The summed E-state index contributed by atoms with van der Waals surface area (Å²) >= 11 is 6.30. The number of rotatable bonds is 9. The second kappa shape index (κ2) is 11.7. The molecule has 1 N–H and O–H groups in total. The van der Waals surface area contributed by atoms with Crippen LogP contribution in [0, 0.1) is 18.6 Å². The standard InChI is InChI=1S/C27H26ClF2N5O3/c1-4-23(15(2)11-31-13-19-5-6-32-26(34-19)17-8-20(36)9-17)35-16(3)7-24(25(28)27(35)37)38-14-22-21(30)10-18(29)12-33-22/h4-7,10-12,17,20,36H,1,8-9,13-14H2,2-3H3/b23-15+,31-11-. The normalized spacial score (nSPS) is 17.7. The molecule has 0 bridgehead atoms. The topological polar surface area (TPSA) is 102 Å². The molecule has 8 nitrogen and oxygen atoms in total. The molecule has 0 atom stereocenters. The molecule has 1 fully saturated rings. The largest absolute Gasteiger partial charge is 0.485 e. The second-order valence-corrected chi connectivity index (χ2v) is 9.32. The lowest BCUT2D eigenvalue weighted by atomic mass is 9.82. The van der Waals surface area contributed by atoms with Gasteiger partial charge in [-0.25, -0.2) is 18.7 Å². The monoisotopic (exact) mass is 541 g/mol. The van der Waals surface area contributed by atoms with Gasteiger partial charge in [0.2, 0.25) is 0 Å². The van der Waals surface area contributed by atoms with E-state index in [0.717, 1.165) is 11.9 Å². The molecule has 38 heavy (non-hydrogen) atoms. The minimum atomic E-state index is -0.863. The van der Waals surface area contributed by atoms with Gasteiger partial charge in [-0.05, 0) is 44.4 Å². The van der Waals surface area contributed by atoms with Crippen LogP contribution in [0.5, 0.6) is 5.75 Å². The van der Waals surface area contributed by atoms with E-state index in [1.165, 1.54) is 10.6 Å². The fourth-order valence-electron chi connectivity index (χ4n) is 4.05. The third kappa shape index (κ3) is 6.03. The third-order valence-electron chi connectivity index (χ3n) is 6.13. The molecule has 3 aromatic rings. The molecule has 11 heteroatoms. The fourth-order valence-corrected chi connectivity index (χ4v) is 4.24. The van der Waals surface area contributed by atoms with Gasteiger partial charge < -0.3 is 9.84 Å². The van der Waals surface area contributed by atoms with Crippen molar-refractivity contribution in [2.24, 2.45) is 4.99 Å². The highest BCUT2D eigenvalue weighted by molar-refractivity contribution is 6.31. The molecule has 4 rings (SSSR count). The third-order valence-corrected chi connectivity index (χ3v) is 6.48. The van der Waals surface area contributed by atoms with Crippen LogP contribution in [-0.4, -0.2) is 36.9 Å². The van der Waals surface area contributed by atoms with E-state index in [-0.39, 0.29) is 35.1 Å². The Bertz CT molecular complexity index is 1480. The lowest BCUT2D eigenvalue weighted by molar-refractivity contribution is 0.0716. The second-order valence-electron chi connectivity index (χ2n) is 8.95. The van der Waals surface area contributed by atoms with E-state index in [1.807, 2.05) is 0 Å². The first-order chi connectivity index (χ1) is 18.2. The van der Waals surface area contributed by atoms with E-state index in [0.29, 0.717) is 48.2 Å². The van der Waals surface area contributed by atoms with Crippen LogP contribution in [0.25, 0.3) is 5.70 Å². The predicted molar refractivity (Wildman–Crippen MR) is 140 cm³/mol. The molecule has 1 aliphatic rings. The number of aryl methyl sites for hydroxylation is 1. The number of ether oxygens (including phenoxy) is 1. The number of aromatic nitrogens is 4. The van der Waals surface area contributed by atoms with Gasteiger partial charge in [-0.3, -0.25) is 19.3 Å². The Morgan fingerprint density at radius 2 is 2.11 bits per heavy atom. The average molecular weight is 542 g/mol. The van der Waals surface area contributed by atoms with Crippen molar-refractivity contribution in [3.63, 3.8) is 0 Å². The van der Waals surface area contributed by atoms with Gasteiger partial charge in [0.1, 0.15) is 34.7 Å². The van der Waals surface area contributed by atoms with Crippen molar-refractivity contribution in [1.82, 2.24) is 19.5 Å². The Labute approximate surface area is 223 Å². The first-order valence-corrected chi connectivity index (χ1v) is 12.2. The van der Waals surface area contributed by atoms with Gasteiger partial charge in [0.05, 0.1) is 30.2 Å². The van der Waals surface area contributed by atoms with Crippen molar-refractivity contribution in [2.75, 3.05) is 0 Å². The van der Waals surface area contributed by atoms with E-state index >= 15 is 0 Å². The first kappa shape index (κ1) is 27.3. The first-order valence-electron chi connectivity index (χ1n) is 11.9. The van der Waals surface area contributed by atoms with Crippen LogP contribution in [-0.2, 0) is 13.2 Å². The van der Waals surface area contributed by atoms with Gasteiger partial charge in [-0.2, -0.15) is 0 Å². The maximum atomic E-state index is 13.9. The van der Waals surface area contributed by atoms with Gasteiger partial charge in [-0.1, -0.05) is 18.2 Å². The highest BCUT2D eigenvalue weighted by Gasteiger charge is 2.30. The van der Waals surface area contributed by atoms with Crippen LogP contribution >= 0.6 is 11.6 Å². The summed E-state index contributed by atoms with van der Waals surface area (Å²) in [5.41, 5.74) is 1.69. The molecular weight excluding hydrogens is 516 g/mol. The average Bonchev–Trinajstić information content (AvgIpc) is 2.87. The molecule has 0 unspecified atom stereocenters. The molecule has 0 amide bonds. The number of pyridine rings is 2. The molecule has 0 saturated heterocycles. The van der Waals surface area contributed by atoms with E-state index in [2.05, 4.69) is 26.5 Å². The Morgan fingerprint density at radius 1 is 1.34 bits per heavy atom. The number of aliphatic hydroxyl groups is 1. The van der Waals surface area contributed by atoms with Gasteiger partial charge in [0.25, 0.3) is 5.56 Å². The minimum Gasteiger partial charge on any atom is -0.485 e. The quantitative estimate of drug-likeness (QED) is 0.309. The maximum Gasteiger partial charge on any atom is 0.277 e. The van der Waals surface area contributed by atoms with E-state index in [4.69, 9.17) is 16.3 Å². The van der Waals surface area contributed by atoms with Crippen molar-refractivity contribution < 1.29 is 18.6 Å². The molecule has 0 aliphatic heterocycles. The number of aliphatic hydroxyl groups excluding tert-OH is 1. The van der Waals surface area contributed by atoms with Crippen molar-refractivity contribution in [3.05, 3.63) is 98.7 Å². The Balaban J connectivity index is 1.52. The SMILES string of the molecule is C=C/C(=C(C)\C=N/Cc1ccnc(C2CC(O)C2)n1)n1c(C)cc(OCc2ncc(F)cc2F)c(Cl)c1=O. The van der Waals surface area contributed by atoms with E-state index in [1.54, 1.807) is 38.4 Å². The number of hydrogen-bond donors (Lipinski definition) is 1. The minimum absolute atomic E-state index is 0.0456. The summed E-state index contributed by atoms with van der Waals surface area (Å²) in [7, 11) is 0. The highest BCUT2D eigenvalue weighted by atomic mass is 35.5. The Kier molecular flexibility index (Phi) is 8.43. The molecular formula is C27H26ClF2N5O3. The zero-order valence-corrected chi connectivity index (χ0v) is 21.6. The Morgan fingerprint density at radius 3 is 2.79 bits per heavy atom. The lowest BCUT2D eigenvalue weighted by Crippen LogP contribution is -2.28. The molecule has 1 aliphatic carbocycles. The molecule has 0 radical (unpaired) electrons. The maximum absolute atomic E-state index is 13.9. The predicted octanol–water partition coefficient (Wildman–Crippen LogP) is 4.78. The smallest absolute Gasteiger partial charge is 0.277 e. The van der Waals surface area contributed by atoms with Crippen LogP contribution in [0.2, 0.25) is 5.02 Å². The number of hydrogen-bond acceptors (Lipinski definition) is 7. The van der Waals surface area contributed by atoms with E-state index in [9.17, 15) is 18.7 Å². The van der Waals surface area contributed by atoms with Crippen LogP contribution in [0.4, 0.5) is 8.78 Å². The van der Waals surface area contributed by atoms with Gasteiger partial charge in [0.15, 0.2) is 5.82 Å². The number of nitrogens with zero attached hydrogens (tertiary/aromatic N) is 5. The van der Waals surface area contributed by atoms with Gasteiger partial charge in [0, 0.05) is 36.2 Å². The summed E-state index contributed by atoms with van der Waals surface area (Å²) in [6, 6.07) is 4.02. The number of halogens is 3. The van der Waals surface area contributed by atoms with Crippen LogP contribution in [0.1, 0.15) is 48.6 Å². The summed E-state index contributed by atoms with van der Waals surface area (Å²) in [6.45, 7) is 7.28. The fraction of sp³-hybridized carbons (Fsp3) is 0.296. The molecule has 3 aromatic heterocycles. The van der Waals surface area contributed by atoms with Gasteiger partial charge in [-0.15, -0.1) is 0 Å². The van der Waals surface area contributed by atoms with E-state index < -0.39 is 17.2 Å². The van der Waals surface area contributed by atoms with Crippen LogP contribution < -0.4 is 10.3 Å². The molecule has 0 spiro atoms. The molecule has 1 saturated carbocycles. The number of aliphatic imine (C=N–C) groups is 1. The van der Waals surface area contributed by atoms with Crippen molar-refractivity contribution >= 4 is 23.5 Å². The number of allylic oxidation sites excluding steroid dienone is 3. The van der Waals surface area contributed by atoms with Gasteiger partial charge >= 0.3 is 0 Å². The summed E-state index contributed by atoms with van der Waals surface area (Å²) in [6.07, 6.45) is 6.75. The van der Waals surface area contributed by atoms with Crippen LogP contribution in [0.3, 0.4) is 0 Å². The highest BCUT2D eigenvalue weighted by Crippen LogP contribution is 2.34. The summed E-state index contributed by atoms with van der Waals surface area (Å²) in [5, 5.41) is 9.31. The summed E-state index contributed by atoms with van der Waals surface area (Å²) in [5.74, 6) is -0.747. The lowest BCUT2D eigenvalue weighted by Gasteiger charge is -2.29. The molecule has 3 heterocycles. The van der Waals surface area contributed by atoms with Crippen molar-refractivity contribution in [2.45, 2.75) is 51.9 Å². The summed E-state index contributed by atoms with van der Waals surface area (Å²) in [4.78, 5) is 30.1. The van der Waals surface area contributed by atoms with Crippen LogP contribution in [0.15, 0.2) is 58.6 Å². The molecule has 198 valence electrons. The zero-order chi connectivity index (χ0) is 27.4. The summed E-state index contributed by atoms with van der Waals surface area (Å²) < 4.78 is 33.9. The van der Waals surface area contributed by atoms with Crippen molar-refractivity contribution in [3.8, 4) is 5.75 Å². The zero-order valence-electron chi connectivity index (χ0n) is 20.9.